The van der Waals surface area contributed by atoms with Crippen LogP contribution in [0.25, 0.3) is 0 Å². The topological polar surface area (TPSA) is 75.4 Å². The molecule has 1 saturated heterocycles. The molecule has 1 aliphatic rings. The monoisotopic (exact) mass is 255 g/mol. The summed E-state index contributed by atoms with van der Waals surface area (Å²) in [7, 11) is 1.62. The van der Waals surface area contributed by atoms with Gasteiger partial charge in [-0.25, -0.2) is 0 Å². The van der Waals surface area contributed by atoms with Gasteiger partial charge in [0.05, 0.1) is 11.5 Å². The fourth-order valence-electron chi connectivity index (χ4n) is 2.20. The van der Waals surface area contributed by atoms with E-state index in [0.717, 1.165) is 0 Å². The van der Waals surface area contributed by atoms with Gasteiger partial charge < -0.3 is 16.0 Å². The Labute approximate surface area is 109 Å². The van der Waals surface area contributed by atoms with Gasteiger partial charge in [0.1, 0.15) is 0 Å². The molecule has 0 aromatic rings. The Balaban J connectivity index is 2.73. The summed E-state index contributed by atoms with van der Waals surface area (Å²) in [4.78, 5) is 25.8. The molecule has 3 N–H and O–H groups in total. The SMILES string of the molecule is CNC(=O)C1(C)CCN(C(=O)C(N)C(C)(C)C)C1. The number of rotatable bonds is 2. The number of carbonyl (C=O) groups excluding carboxylic acids is 2. The maximum atomic E-state index is 12.3. The Bertz CT molecular complexity index is 349. The van der Waals surface area contributed by atoms with Gasteiger partial charge in [0.25, 0.3) is 0 Å². The number of carbonyl (C=O) groups is 2. The van der Waals surface area contributed by atoms with Crippen molar-refractivity contribution in [2.45, 2.75) is 40.2 Å². The van der Waals surface area contributed by atoms with Gasteiger partial charge in [-0.2, -0.15) is 0 Å². The minimum atomic E-state index is -0.524. The summed E-state index contributed by atoms with van der Waals surface area (Å²) < 4.78 is 0. The van der Waals surface area contributed by atoms with Crippen LogP contribution in [-0.2, 0) is 9.59 Å². The first kappa shape index (κ1) is 15.0. The molecule has 1 rings (SSSR count). The van der Waals surface area contributed by atoms with Crippen LogP contribution in [0.2, 0.25) is 0 Å². The summed E-state index contributed by atoms with van der Waals surface area (Å²) in [6, 6.07) is -0.524. The van der Waals surface area contributed by atoms with Crippen LogP contribution in [0.1, 0.15) is 34.1 Å². The maximum Gasteiger partial charge on any atom is 0.240 e. The first-order chi connectivity index (χ1) is 8.12. The van der Waals surface area contributed by atoms with Gasteiger partial charge in [0.2, 0.25) is 11.8 Å². The van der Waals surface area contributed by atoms with Crippen molar-refractivity contribution in [2.75, 3.05) is 20.1 Å². The van der Waals surface area contributed by atoms with Gasteiger partial charge in [0.15, 0.2) is 0 Å². The third kappa shape index (κ3) is 2.83. The zero-order chi connectivity index (χ0) is 14.1. The summed E-state index contributed by atoms with van der Waals surface area (Å²) in [5.41, 5.74) is 5.23. The van der Waals surface area contributed by atoms with E-state index in [1.54, 1.807) is 11.9 Å². The molecule has 0 bridgehead atoms. The summed E-state index contributed by atoms with van der Waals surface area (Å²) in [5.74, 6) is -0.0720. The molecule has 2 unspecified atom stereocenters. The molecule has 0 saturated carbocycles. The molecule has 0 aromatic carbocycles. The molecule has 1 aliphatic heterocycles. The molecule has 18 heavy (non-hydrogen) atoms. The van der Waals surface area contributed by atoms with Gasteiger partial charge in [-0.05, 0) is 18.8 Å². The Morgan fingerprint density at radius 2 is 1.94 bits per heavy atom. The molecule has 0 aliphatic carbocycles. The maximum absolute atomic E-state index is 12.3. The van der Waals surface area contributed by atoms with E-state index in [-0.39, 0.29) is 17.2 Å². The van der Waals surface area contributed by atoms with Gasteiger partial charge in [-0.1, -0.05) is 20.8 Å². The zero-order valence-electron chi connectivity index (χ0n) is 12.0. The van der Waals surface area contributed by atoms with E-state index < -0.39 is 11.5 Å². The van der Waals surface area contributed by atoms with E-state index in [2.05, 4.69) is 5.32 Å². The lowest BCUT2D eigenvalue weighted by Gasteiger charge is -2.30. The molecule has 1 heterocycles. The highest BCUT2D eigenvalue weighted by Gasteiger charge is 2.43. The van der Waals surface area contributed by atoms with Crippen LogP contribution in [0.4, 0.5) is 0 Å². The van der Waals surface area contributed by atoms with Crippen molar-refractivity contribution in [3.8, 4) is 0 Å². The van der Waals surface area contributed by atoms with Crippen molar-refractivity contribution >= 4 is 11.8 Å². The average molecular weight is 255 g/mol. The lowest BCUT2D eigenvalue weighted by Crippen LogP contribution is -2.50. The van der Waals surface area contributed by atoms with Crippen LogP contribution in [0, 0.1) is 10.8 Å². The number of hydrogen-bond donors (Lipinski definition) is 2. The number of likely N-dealkylation sites (tertiary alicyclic amines) is 1. The van der Waals surface area contributed by atoms with Crippen LogP contribution in [0.3, 0.4) is 0 Å². The van der Waals surface area contributed by atoms with Gasteiger partial charge in [-0.15, -0.1) is 0 Å². The highest BCUT2D eigenvalue weighted by atomic mass is 16.2. The minimum Gasteiger partial charge on any atom is -0.359 e. The Hall–Kier alpha value is -1.10. The van der Waals surface area contributed by atoms with E-state index >= 15 is 0 Å². The van der Waals surface area contributed by atoms with Crippen LogP contribution < -0.4 is 11.1 Å². The first-order valence-corrected chi connectivity index (χ1v) is 6.38. The molecule has 5 heteroatoms. The predicted molar refractivity (Wildman–Crippen MR) is 70.8 cm³/mol. The van der Waals surface area contributed by atoms with Crippen molar-refractivity contribution in [1.82, 2.24) is 10.2 Å². The van der Waals surface area contributed by atoms with Gasteiger partial charge in [-0.3, -0.25) is 9.59 Å². The number of nitrogens with one attached hydrogen (secondary N) is 1. The summed E-state index contributed by atoms with van der Waals surface area (Å²) in [5, 5.41) is 2.66. The van der Waals surface area contributed by atoms with Crippen molar-refractivity contribution in [2.24, 2.45) is 16.6 Å². The fraction of sp³-hybridized carbons (Fsp3) is 0.846. The van der Waals surface area contributed by atoms with E-state index in [9.17, 15) is 9.59 Å². The number of hydrogen-bond acceptors (Lipinski definition) is 3. The van der Waals surface area contributed by atoms with Crippen LogP contribution in [-0.4, -0.2) is 42.9 Å². The molecular formula is C13H25N3O2. The lowest BCUT2D eigenvalue weighted by molar-refractivity contribution is -0.135. The van der Waals surface area contributed by atoms with Gasteiger partial charge >= 0.3 is 0 Å². The minimum absolute atomic E-state index is 0.0119. The van der Waals surface area contributed by atoms with Crippen LogP contribution >= 0.6 is 0 Å². The largest absolute Gasteiger partial charge is 0.359 e. The Morgan fingerprint density at radius 1 is 1.39 bits per heavy atom. The molecule has 5 nitrogen and oxygen atoms in total. The third-order valence-corrected chi connectivity index (χ3v) is 3.76. The quantitative estimate of drug-likeness (QED) is 0.747. The highest BCUT2D eigenvalue weighted by Crippen LogP contribution is 2.31. The number of nitrogens with two attached hydrogens (primary N) is 1. The molecule has 0 spiro atoms. The first-order valence-electron chi connectivity index (χ1n) is 6.38. The lowest BCUT2D eigenvalue weighted by atomic mass is 9.86. The number of amides is 2. The normalized spacial score (nSPS) is 26.0. The second kappa shape index (κ2) is 4.88. The predicted octanol–water partition coefficient (Wildman–Crippen LogP) is 0.344. The Morgan fingerprint density at radius 3 is 2.39 bits per heavy atom. The second-order valence-corrected chi connectivity index (χ2v) is 6.49. The smallest absolute Gasteiger partial charge is 0.240 e. The molecule has 2 amide bonds. The van der Waals surface area contributed by atoms with E-state index in [0.29, 0.717) is 19.5 Å². The van der Waals surface area contributed by atoms with Crippen LogP contribution in [0.15, 0.2) is 0 Å². The molecule has 2 atom stereocenters. The molecule has 0 aromatic heterocycles. The van der Waals surface area contributed by atoms with E-state index in [1.165, 1.54) is 0 Å². The van der Waals surface area contributed by atoms with E-state index in [1.807, 2.05) is 27.7 Å². The average Bonchev–Trinajstić information content (AvgIpc) is 2.69. The van der Waals surface area contributed by atoms with Crippen molar-refractivity contribution in [1.29, 1.82) is 0 Å². The number of nitrogens with zero attached hydrogens (tertiary/aromatic N) is 1. The summed E-state index contributed by atoms with van der Waals surface area (Å²) in [6.07, 6.45) is 0.690. The van der Waals surface area contributed by atoms with Gasteiger partial charge in [0, 0.05) is 20.1 Å². The summed E-state index contributed by atoms with van der Waals surface area (Å²) >= 11 is 0. The fourth-order valence-corrected chi connectivity index (χ4v) is 2.20. The molecule has 1 fully saturated rings. The van der Waals surface area contributed by atoms with Crippen LogP contribution in [0.5, 0.6) is 0 Å². The summed E-state index contributed by atoms with van der Waals surface area (Å²) in [6.45, 7) is 8.79. The third-order valence-electron chi connectivity index (χ3n) is 3.76. The molecule has 0 radical (unpaired) electrons. The molecule has 104 valence electrons. The van der Waals surface area contributed by atoms with Crippen molar-refractivity contribution in [3.63, 3.8) is 0 Å². The van der Waals surface area contributed by atoms with E-state index in [4.69, 9.17) is 5.73 Å². The zero-order valence-corrected chi connectivity index (χ0v) is 12.0. The molecular weight excluding hydrogens is 230 g/mol. The highest BCUT2D eigenvalue weighted by molar-refractivity contribution is 5.86. The second-order valence-electron chi connectivity index (χ2n) is 6.49. The van der Waals surface area contributed by atoms with Crippen molar-refractivity contribution in [3.05, 3.63) is 0 Å². The Kier molecular flexibility index (Phi) is 4.05. The standard InChI is InChI=1S/C13H25N3O2/c1-12(2,3)9(14)10(17)16-7-6-13(4,8-16)11(18)15-5/h9H,6-8,14H2,1-5H3,(H,15,18). The van der Waals surface area contributed by atoms with Crippen molar-refractivity contribution < 1.29 is 9.59 Å².